The quantitative estimate of drug-likeness (QED) is 0.337. The fourth-order valence-electron chi connectivity index (χ4n) is 2.69. The van der Waals surface area contributed by atoms with Crippen molar-refractivity contribution in [3.05, 3.63) is 68.4 Å². The number of sulfonamides is 1. The number of amides is 1. The summed E-state index contributed by atoms with van der Waals surface area (Å²) in [7, 11) is -5.29. The van der Waals surface area contributed by atoms with Gasteiger partial charge in [-0.1, -0.05) is 52.1 Å². The molecule has 3 aromatic rings. The number of nitrogens with one attached hydrogen (secondary N) is 1. The summed E-state index contributed by atoms with van der Waals surface area (Å²) in [6, 6.07) is 4.63. The summed E-state index contributed by atoms with van der Waals surface area (Å²) in [6.07, 6.45) is -10.5. The minimum Gasteiger partial charge on any atom is -0.266 e. The Morgan fingerprint density at radius 1 is 0.912 bits per heavy atom. The average Bonchev–Trinajstić information content (AvgIpc) is 3.15. The maximum absolute atomic E-state index is 13.8. The van der Waals surface area contributed by atoms with Crippen molar-refractivity contribution in [3.8, 4) is 5.69 Å². The number of carbonyl (C=O) groups is 1. The third kappa shape index (κ3) is 5.09. The van der Waals surface area contributed by atoms with Crippen molar-refractivity contribution < 1.29 is 39.6 Å². The van der Waals surface area contributed by atoms with Crippen molar-refractivity contribution in [2.75, 3.05) is 0 Å². The van der Waals surface area contributed by atoms with Gasteiger partial charge in [-0.25, -0.2) is 17.8 Å². The molecule has 0 atom stereocenters. The van der Waals surface area contributed by atoms with E-state index in [9.17, 15) is 39.6 Å². The molecule has 0 aliphatic rings. The zero-order valence-electron chi connectivity index (χ0n) is 15.8. The van der Waals surface area contributed by atoms with Gasteiger partial charge < -0.3 is 0 Å². The molecule has 34 heavy (non-hydrogen) atoms. The molecule has 2 aromatic carbocycles. The van der Waals surface area contributed by atoms with Crippen molar-refractivity contribution in [1.82, 2.24) is 19.7 Å². The lowest BCUT2D eigenvalue weighted by Gasteiger charge is -2.14. The van der Waals surface area contributed by atoms with Crippen LogP contribution in [-0.4, -0.2) is 29.3 Å². The van der Waals surface area contributed by atoms with E-state index in [1.165, 1.54) is 0 Å². The summed E-state index contributed by atoms with van der Waals surface area (Å²) in [5, 5.41) is 5.52. The summed E-state index contributed by atoms with van der Waals surface area (Å²) >= 11 is 17.4. The SMILES string of the molecule is O=C(NS(=O)(=O)c1ccccc1C(F)(F)F)c1nnn(-c2cc(Cl)c(Cl)cc2Cl)c1C(F)(F)F. The number of hydrogen-bond acceptors (Lipinski definition) is 5. The Hall–Kier alpha value is -2.55. The van der Waals surface area contributed by atoms with Crippen LogP contribution in [0.2, 0.25) is 15.1 Å². The zero-order chi connectivity index (χ0) is 25.6. The van der Waals surface area contributed by atoms with E-state index < -0.39 is 55.8 Å². The highest BCUT2D eigenvalue weighted by Crippen LogP contribution is 2.37. The molecule has 1 heterocycles. The number of aromatic nitrogens is 3. The normalized spacial score (nSPS) is 12.6. The van der Waals surface area contributed by atoms with Gasteiger partial charge in [0.2, 0.25) is 0 Å². The molecule has 0 radical (unpaired) electrons. The van der Waals surface area contributed by atoms with Gasteiger partial charge in [0.15, 0.2) is 11.4 Å². The average molecular weight is 568 g/mol. The monoisotopic (exact) mass is 566 g/mol. The van der Waals surface area contributed by atoms with Crippen LogP contribution < -0.4 is 4.72 Å². The summed E-state index contributed by atoms with van der Waals surface area (Å²) in [5.74, 6) is -1.99. The lowest BCUT2D eigenvalue weighted by Crippen LogP contribution is -2.34. The first-order chi connectivity index (χ1) is 15.5. The van der Waals surface area contributed by atoms with E-state index in [0.717, 1.165) is 29.0 Å². The van der Waals surface area contributed by atoms with Crippen molar-refractivity contribution in [2.45, 2.75) is 17.2 Å². The van der Waals surface area contributed by atoms with Gasteiger partial charge in [0.25, 0.3) is 15.9 Å². The molecule has 0 saturated carbocycles. The number of halogens is 9. The van der Waals surface area contributed by atoms with E-state index in [4.69, 9.17) is 34.8 Å². The van der Waals surface area contributed by atoms with Crippen LogP contribution in [0.1, 0.15) is 21.7 Å². The van der Waals surface area contributed by atoms with E-state index in [2.05, 4.69) is 10.3 Å². The Bertz CT molecular complexity index is 1390. The van der Waals surface area contributed by atoms with Crippen LogP contribution in [0.3, 0.4) is 0 Å². The molecule has 0 spiro atoms. The van der Waals surface area contributed by atoms with Crippen molar-refractivity contribution in [3.63, 3.8) is 0 Å². The largest absolute Gasteiger partial charge is 0.435 e. The molecule has 1 N–H and O–H groups in total. The summed E-state index contributed by atoms with van der Waals surface area (Å²) in [4.78, 5) is 11.1. The van der Waals surface area contributed by atoms with Crippen molar-refractivity contribution >= 4 is 50.7 Å². The second-order valence-electron chi connectivity index (χ2n) is 6.34. The maximum Gasteiger partial charge on any atom is 0.435 e. The lowest BCUT2D eigenvalue weighted by atomic mass is 10.2. The molecule has 0 aliphatic heterocycles. The molecule has 17 heteroatoms. The number of nitrogens with zero attached hydrogens (tertiary/aromatic N) is 3. The Balaban J connectivity index is 2.11. The summed E-state index contributed by atoms with van der Waals surface area (Å²) in [6.45, 7) is 0. The van der Waals surface area contributed by atoms with Crippen LogP contribution >= 0.6 is 34.8 Å². The number of hydrogen-bond donors (Lipinski definition) is 1. The minimum atomic E-state index is -5.35. The predicted octanol–water partition coefficient (Wildman–Crippen LogP) is 5.38. The second-order valence-corrected chi connectivity index (χ2v) is 9.21. The zero-order valence-corrected chi connectivity index (χ0v) is 18.9. The Labute approximate surface area is 201 Å². The highest BCUT2D eigenvalue weighted by molar-refractivity contribution is 7.90. The number of rotatable bonds is 4. The van der Waals surface area contributed by atoms with E-state index in [1.807, 2.05) is 0 Å². The molecule has 1 aromatic heterocycles. The lowest BCUT2D eigenvalue weighted by molar-refractivity contribution is -0.143. The molecule has 0 saturated heterocycles. The Morgan fingerprint density at radius 2 is 1.50 bits per heavy atom. The third-order valence-electron chi connectivity index (χ3n) is 4.08. The van der Waals surface area contributed by atoms with Crippen LogP contribution in [0.5, 0.6) is 0 Å². The minimum absolute atomic E-state index is 0.0652. The van der Waals surface area contributed by atoms with E-state index in [-0.39, 0.29) is 19.7 Å². The van der Waals surface area contributed by atoms with Gasteiger partial charge in [0.1, 0.15) is 0 Å². The van der Waals surface area contributed by atoms with E-state index in [0.29, 0.717) is 12.1 Å². The van der Waals surface area contributed by atoms with Gasteiger partial charge in [-0.2, -0.15) is 26.3 Å². The van der Waals surface area contributed by atoms with Crippen LogP contribution in [-0.2, 0) is 22.4 Å². The molecule has 1 amide bonds. The van der Waals surface area contributed by atoms with E-state index >= 15 is 0 Å². The van der Waals surface area contributed by atoms with Gasteiger partial charge in [0, 0.05) is 0 Å². The van der Waals surface area contributed by atoms with Gasteiger partial charge in [-0.15, -0.1) is 5.10 Å². The molecule has 182 valence electrons. The third-order valence-corrected chi connectivity index (χ3v) is 6.49. The highest BCUT2D eigenvalue weighted by atomic mass is 35.5. The highest BCUT2D eigenvalue weighted by Gasteiger charge is 2.44. The summed E-state index contributed by atoms with van der Waals surface area (Å²) < 4.78 is 107. The molecule has 0 fully saturated rings. The smallest absolute Gasteiger partial charge is 0.266 e. The molecular formula is C17H7Cl3F6N4O3S. The second kappa shape index (κ2) is 8.91. The van der Waals surface area contributed by atoms with E-state index in [1.54, 1.807) is 0 Å². The first-order valence-electron chi connectivity index (χ1n) is 8.45. The summed E-state index contributed by atoms with van der Waals surface area (Å²) in [5.41, 5.74) is -5.58. The number of benzene rings is 2. The van der Waals surface area contributed by atoms with Gasteiger partial charge in [-0.3, -0.25) is 4.79 Å². The van der Waals surface area contributed by atoms with Crippen molar-refractivity contribution in [1.29, 1.82) is 0 Å². The fourth-order valence-corrected chi connectivity index (χ4v) is 4.50. The first-order valence-corrected chi connectivity index (χ1v) is 11.1. The van der Waals surface area contributed by atoms with Gasteiger partial charge >= 0.3 is 12.4 Å². The molecular weight excluding hydrogens is 561 g/mol. The number of carbonyl (C=O) groups excluding carboxylic acids is 1. The predicted molar refractivity (Wildman–Crippen MR) is 107 cm³/mol. The molecule has 3 rings (SSSR count). The van der Waals surface area contributed by atoms with Crippen LogP contribution in [0.4, 0.5) is 26.3 Å². The van der Waals surface area contributed by atoms with Gasteiger partial charge in [-0.05, 0) is 24.3 Å². The standard InChI is InChI=1S/C17H7Cl3F6N4O3S/c18-8-5-10(20)11(6-9(8)19)30-14(17(24,25)26)13(27-29-30)15(31)28-34(32,33)12-4-2-1-3-7(12)16(21,22)23/h1-6H,(H,28,31). The Morgan fingerprint density at radius 3 is 2.09 bits per heavy atom. The van der Waals surface area contributed by atoms with Crippen molar-refractivity contribution in [2.24, 2.45) is 0 Å². The van der Waals surface area contributed by atoms with Gasteiger partial charge in [0.05, 0.1) is 31.2 Å². The van der Waals surface area contributed by atoms with Crippen LogP contribution in [0.25, 0.3) is 5.69 Å². The Kier molecular flexibility index (Phi) is 6.83. The number of alkyl halides is 6. The molecule has 0 aliphatic carbocycles. The van der Waals surface area contributed by atoms with Crippen LogP contribution in [0, 0.1) is 0 Å². The molecule has 7 nitrogen and oxygen atoms in total. The topological polar surface area (TPSA) is 93.9 Å². The molecule has 0 bridgehead atoms. The first kappa shape index (κ1) is 26.1. The molecule has 0 unspecified atom stereocenters. The van der Waals surface area contributed by atoms with Crippen LogP contribution in [0.15, 0.2) is 41.3 Å². The fraction of sp³-hybridized carbons (Fsp3) is 0.118. The maximum atomic E-state index is 13.8.